The van der Waals surface area contributed by atoms with E-state index in [4.69, 9.17) is 5.11 Å². The Kier molecular flexibility index (Phi) is 5.07. The third-order valence-corrected chi connectivity index (χ3v) is 4.01. The summed E-state index contributed by atoms with van der Waals surface area (Å²) in [6.07, 6.45) is -4.13. The van der Waals surface area contributed by atoms with Gasteiger partial charge in [0.15, 0.2) is 11.6 Å². The summed E-state index contributed by atoms with van der Waals surface area (Å²) in [7, 11) is 0. The molecule has 1 unspecified atom stereocenters. The summed E-state index contributed by atoms with van der Waals surface area (Å²) in [6.45, 7) is 0.312. The average Bonchev–Trinajstić information content (AvgIpc) is 3.11. The van der Waals surface area contributed by atoms with Gasteiger partial charge in [-0.2, -0.15) is 0 Å². The van der Waals surface area contributed by atoms with E-state index in [1.54, 1.807) is 0 Å². The zero-order chi connectivity index (χ0) is 18.8. The topological polar surface area (TPSA) is 82.7 Å². The van der Waals surface area contributed by atoms with Crippen molar-refractivity contribution < 1.29 is 32.0 Å². The largest absolute Gasteiger partial charge is 0.475 e. The minimum absolute atomic E-state index is 0.00260. The first-order valence-corrected chi connectivity index (χ1v) is 7.64. The molecule has 3 rings (SSSR count). The van der Waals surface area contributed by atoms with E-state index in [-0.39, 0.29) is 49.0 Å². The van der Waals surface area contributed by atoms with Crippen molar-refractivity contribution in [2.45, 2.75) is 12.7 Å². The van der Waals surface area contributed by atoms with E-state index >= 15 is 0 Å². The molecule has 1 N–H and O–H groups in total. The molecule has 0 aromatic carbocycles. The molecule has 3 heterocycles. The number of carbonyl (C=O) groups is 1. The number of anilines is 1. The number of carboxylic acid groups (broad SMARTS) is 1. The molecule has 0 saturated carbocycles. The highest BCUT2D eigenvalue weighted by Crippen LogP contribution is 2.25. The highest BCUT2D eigenvalue weighted by atomic mass is 19.3. The maximum Gasteiger partial charge on any atom is 0.374 e. The lowest BCUT2D eigenvalue weighted by Crippen LogP contribution is -2.51. The Bertz CT molecular complexity index is 793. The highest BCUT2D eigenvalue weighted by Gasteiger charge is 2.31. The van der Waals surface area contributed by atoms with Crippen molar-refractivity contribution in [3.05, 3.63) is 29.9 Å². The normalized spacial score (nSPS) is 16.9. The predicted octanol–water partition coefficient (Wildman–Crippen LogP) is 2.26. The van der Waals surface area contributed by atoms with Crippen LogP contribution in [0, 0.1) is 5.82 Å². The summed E-state index contributed by atoms with van der Waals surface area (Å²) in [5.74, 6) is -2.38. The number of aromatic carboxylic acids is 1. The third kappa shape index (κ3) is 3.62. The van der Waals surface area contributed by atoms with Crippen molar-refractivity contribution in [1.29, 1.82) is 0 Å². The highest BCUT2D eigenvalue weighted by molar-refractivity contribution is 5.85. The van der Waals surface area contributed by atoms with E-state index in [1.807, 2.05) is 0 Å². The monoisotopic (exact) mass is 374 g/mol. The second-order valence-electron chi connectivity index (χ2n) is 5.64. The molecule has 2 aromatic rings. The van der Waals surface area contributed by atoms with Crippen LogP contribution < -0.4 is 4.90 Å². The van der Waals surface area contributed by atoms with Gasteiger partial charge < -0.3 is 14.5 Å². The number of piperazine rings is 1. The van der Waals surface area contributed by atoms with Crippen LogP contribution in [-0.4, -0.2) is 65.0 Å². The number of nitrogens with zero attached hydrogens (tertiary/aromatic N) is 4. The van der Waals surface area contributed by atoms with Gasteiger partial charge in [-0.1, -0.05) is 5.16 Å². The van der Waals surface area contributed by atoms with Gasteiger partial charge in [0, 0.05) is 44.0 Å². The van der Waals surface area contributed by atoms with Crippen LogP contribution in [0.3, 0.4) is 0 Å². The molecule has 11 heteroatoms. The van der Waals surface area contributed by atoms with E-state index in [0.29, 0.717) is 0 Å². The third-order valence-electron chi connectivity index (χ3n) is 4.01. The second kappa shape index (κ2) is 7.28. The maximum absolute atomic E-state index is 14.4. The van der Waals surface area contributed by atoms with Crippen LogP contribution in [0.25, 0.3) is 11.3 Å². The fraction of sp³-hybridized carbons (Fsp3) is 0.400. The van der Waals surface area contributed by atoms with Crippen molar-refractivity contribution in [3.63, 3.8) is 0 Å². The molecule has 0 amide bonds. The van der Waals surface area contributed by atoms with Gasteiger partial charge in [-0.05, 0) is 6.07 Å². The zero-order valence-corrected chi connectivity index (χ0v) is 13.3. The minimum atomic E-state index is -3.09. The Balaban J connectivity index is 1.71. The summed E-state index contributed by atoms with van der Waals surface area (Å²) >= 11 is 0. The first kappa shape index (κ1) is 18.1. The van der Waals surface area contributed by atoms with Crippen molar-refractivity contribution in [1.82, 2.24) is 15.0 Å². The number of aromatic nitrogens is 2. The number of rotatable bonds is 5. The van der Waals surface area contributed by atoms with Crippen LogP contribution in [0.4, 0.5) is 23.4 Å². The van der Waals surface area contributed by atoms with Crippen molar-refractivity contribution >= 4 is 11.8 Å². The molecule has 1 atom stereocenters. The SMILES string of the molecule is O=C(O)c1cc(-c2cnc(N3CCN(C(F)C(F)F)CC3)c(F)c2)no1. The smallest absolute Gasteiger partial charge is 0.374 e. The van der Waals surface area contributed by atoms with E-state index in [2.05, 4.69) is 14.7 Å². The number of halogens is 4. The molecule has 26 heavy (non-hydrogen) atoms. The molecule has 1 saturated heterocycles. The first-order chi connectivity index (χ1) is 12.4. The Hall–Kier alpha value is -2.69. The Morgan fingerprint density at radius 1 is 1.19 bits per heavy atom. The summed E-state index contributed by atoms with van der Waals surface area (Å²) in [6, 6.07) is 2.26. The number of pyridine rings is 1. The lowest BCUT2D eigenvalue weighted by Gasteiger charge is -2.36. The Morgan fingerprint density at radius 2 is 1.88 bits per heavy atom. The van der Waals surface area contributed by atoms with Crippen LogP contribution in [0.2, 0.25) is 0 Å². The number of carboxylic acids is 1. The predicted molar refractivity (Wildman–Crippen MR) is 81.3 cm³/mol. The Labute approximate surface area is 144 Å². The van der Waals surface area contributed by atoms with Crippen molar-refractivity contribution in [2.24, 2.45) is 0 Å². The van der Waals surface area contributed by atoms with Crippen molar-refractivity contribution in [3.8, 4) is 11.3 Å². The number of hydrogen-bond donors (Lipinski definition) is 1. The van der Waals surface area contributed by atoms with Gasteiger partial charge in [-0.25, -0.2) is 27.3 Å². The van der Waals surface area contributed by atoms with Gasteiger partial charge in [-0.3, -0.25) is 4.90 Å². The number of alkyl halides is 3. The molecule has 1 aliphatic heterocycles. The molecule has 0 spiro atoms. The first-order valence-electron chi connectivity index (χ1n) is 7.64. The molecule has 140 valence electrons. The van der Waals surface area contributed by atoms with Crippen LogP contribution >= 0.6 is 0 Å². The van der Waals surface area contributed by atoms with E-state index < -0.39 is 24.5 Å². The van der Waals surface area contributed by atoms with Gasteiger partial charge in [0.1, 0.15) is 5.69 Å². The molecule has 7 nitrogen and oxygen atoms in total. The number of hydrogen-bond acceptors (Lipinski definition) is 6. The minimum Gasteiger partial charge on any atom is -0.475 e. The van der Waals surface area contributed by atoms with E-state index in [1.165, 1.54) is 11.1 Å². The van der Waals surface area contributed by atoms with Crippen molar-refractivity contribution in [2.75, 3.05) is 31.1 Å². The van der Waals surface area contributed by atoms with Crippen LogP contribution in [0.5, 0.6) is 0 Å². The molecular weight excluding hydrogens is 360 g/mol. The molecular formula is C15H14F4N4O3. The molecule has 0 radical (unpaired) electrons. The summed E-state index contributed by atoms with van der Waals surface area (Å²) in [5.41, 5.74) is 0.338. The van der Waals surface area contributed by atoms with Crippen LogP contribution in [0.15, 0.2) is 22.9 Å². The Morgan fingerprint density at radius 3 is 2.42 bits per heavy atom. The lowest BCUT2D eigenvalue weighted by molar-refractivity contribution is -0.0506. The maximum atomic E-state index is 14.4. The molecule has 2 aromatic heterocycles. The van der Waals surface area contributed by atoms with Gasteiger partial charge in [0.2, 0.25) is 12.1 Å². The second-order valence-corrected chi connectivity index (χ2v) is 5.64. The summed E-state index contributed by atoms with van der Waals surface area (Å²) < 4.78 is 57.1. The summed E-state index contributed by atoms with van der Waals surface area (Å²) in [5, 5.41) is 12.3. The van der Waals surface area contributed by atoms with Gasteiger partial charge in [-0.15, -0.1) is 0 Å². The lowest BCUT2D eigenvalue weighted by atomic mass is 10.2. The fourth-order valence-corrected chi connectivity index (χ4v) is 2.66. The van der Waals surface area contributed by atoms with Crippen LogP contribution in [0.1, 0.15) is 10.6 Å². The molecule has 1 aliphatic rings. The zero-order valence-electron chi connectivity index (χ0n) is 13.3. The van der Waals surface area contributed by atoms with Gasteiger partial charge >= 0.3 is 5.97 Å². The molecule has 1 fully saturated rings. The summed E-state index contributed by atoms with van der Waals surface area (Å²) in [4.78, 5) is 17.3. The van der Waals surface area contributed by atoms with E-state index in [0.717, 1.165) is 17.0 Å². The quantitative estimate of drug-likeness (QED) is 0.635. The van der Waals surface area contributed by atoms with Gasteiger partial charge in [0.05, 0.1) is 0 Å². The standard InChI is InChI=1S/C15H14F4N4O3/c16-9-5-8(10-6-11(15(24)25)26-21-10)7-20-14(9)23-3-1-22(2-4-23)13(19)12(17)18/h5-7,12-13H,1-4H2,(H,24,25). The molecule has 0 bridgehead atoms. The average molecular weight is 374 g/mol. The molecule has 0 aliphatic carbocycles. The van der Waals surface area contributed by atoms with Gasteiger partial charge in [0.25, 0.3) is 6.43 Å². The van der Waals surface area contributed by atoms with E-state index in [9.17, 15) is 22.4 Å². The fourth-order valence-electron chi connectivity index (χ4n) is 2.66. The van der Waals surface area contributed by atoms with Crippen LogP contribution in [-0.2, 0) is 0 Å².